The molecule has 2 heterocycles. The van der Waals surface area contributed by atoms with Gasteiger partial charge in [-0.05, 0) is 79.9 Å². The van der Waals surface area contributed by atoms with Gasteiger partial charge < -0.3 is 19.7 Å². The molecule has 0 bridgehead atoms. The molecule has 0 spiro atoms. The molecule has 0 aliphatic carbocycles. The third-order valence-electron chi connectivity index (χ3n) is 6.43. The molecule has 38 heavy (non-hydrogen) atoms. The van der Waals surface area contributed by atoms with Gasteiger partial charge in [-0.2, -0.15) is 0 Å². The molecule has 1 fully saturated rings. The Bertz CT molecular complexity index is 1610. The monoisotopic (exact) mass is 530 g/mol. The topological polar surface area (TPSA) is 109 Å². The largest absolute Gasteiger partial charge is 0.507 e. The number of aliphatic hydroxyl groups excluding tert-OH is 1. The minimum Gasteiger partial charge on any atom is -0.507 e. The van der Waals surface area contributed by atoms with Crippen molar-refractivity contribution in [3.63, 3.8) is 0 Å². The highest BCUT2D eigenvalue weighted by Gasteiger charge is 2.48. The van der Waals surface area contributed by atoms with Crippen LogP contribution >= 0.6 is 11.3 Å². The normalized spacial score (nSPS) is 16.8. The number of benzene rings is 3. The van der Waals surface area contributed by atoms with E-state index in [1.54, 1.807) is 36.4 Å². The lowest BCUT2D eigenvalue weighted by molar-refractivity contribution is -0.132. The number of methoxy groups -OCH3 is 1. The summed E-state index contributed by atoms with van der Waals surface area (Å²) in [4.78, 5) is 33.0. The summed E-state index contributed by atoms with van der Waals surface area (Å²) in [5, 5.41) is 21.9. The van der Waals surface area contributed by atoms with Crippen molar-refractivity contribution in [3.05, 3.63) is 82.4 Å². The van der Waals surface area contributed by atoms with Crippen molar-refractivity contribution in [1.82, 2.24) is 4.98 Å². The predicted molar refractivity (Wildman–Crippen MR) is 146 cm³/mol. The molecule has 194 valence electrons. The molecule has 0 radical (unpaired) electrons. The summed E-state index contributed by atoms with van der Waals surface area (Å²) < 4.78 is 11.7. The minimum atomic E-state index is -1.00. The van der Waals surface area contributed by atoms with Crippen LogP contribution in [0.2, 0.25) is 0 Å². The number of thiazole rings is 1. The number of carbonyl (C=O) groups excluding carboxylic acids is 2. The van der Waals surface area contributed by atoms with E-state index >= 15 is 0 Å². The fourth-order valence-electron chi connectivity index (χ4n) is 4.70. The van der Waals surface area contributed by atoms with Crippen LogP contribution in [0.3, 0.4) is 0 Å². The van der Waals surface area contributed by atoms with E-state index < -0.39 is 17.7 Å². The van der Waals surface area contributed by atoms with Gasteiger partial charge in [0, 0.05) is 5.56 Å². The third kappa shape index (κ3) is 4.24. The third-order valence-corrected chi connectivity index (χ3v) is 7.43. The number of fused-ring (bicyclic) bond motifs is 1. The fourth-order valence-corrected chi connectivity index (χ4v) is 5.87. The van der Waals surface area contributed by atoms with E-state index in [9.17, 15) is 19.8 Å². The quantitative estimate of drug-likeness (QED) is 0.188. The van der Waals surface area contributed by atoms with Gasteiger partial charge >= 0.3 is 5.91 Å². The van der Waals surface area contributed by atoms with Crippen molar-refractivity contribution in [2.45, 2.75) is 26.8 Å². The summed E-state index contributed by atoms with van der Waals surface area (Å²) in [5.74, 6) is -1.26. The van der Waals surface area contributed by atoms with E-state index in [2.05, 4.69) is 0 Å². The first kappa shape index (κ1) is 25.3. The van der Waals surface area contributed by atoms with Crippen molar-refractivity contribution < 1.29 is 29.3 Å². The van der Waals surface area contributed by atoms with Crippen LogP contribution in [0.15, 0.2) is 60.2 Å². The SMILES string of the molecule is CCOc1ccc(C(O)=C2C(=O)C(=O)N(c3nc4c(C)cc(C)cc4s3)C2c2ccc(O)c(OC)c2)cc1. The standard InChI is InChI=1S/C29H26N2O6S/c1-5-37-19-9-6-17(7-10-19)26(33)23-25(18-8-11-20(32)21(14-18)36-4)31(28(35)27(23)34)29-30-24-16(3)12-15(2)13-22(24)38-29/h6-14,25,32-33H,5H2,1-4H3. The maximum atomic E-state index is 13.5. The first-order valence-corrected chi connectivity index (χ1v) is 12.8. The molecule has 1 aliphatic heterocycles. The Morgan fingerprint density at radius 1 is 1.08 bits per heavy atom. The van der Waals surface area contributed by atoms with Crippen molar-refractivity contribution >= 4 is 44.1 Å². The van der Waals surface area contributed by atoms with Gasteiger partial charge in [-0.3, -0.25) is 14.5 Å². The van der Waals surface area contributed by atoms with Crippen LogP contribution in [0.4, 0.5) is 5.13 Å². The van der Waals surface area contributed by atoms with E-state index in [0.29, 0.717) is 28.6 Å². The molecule has 1 atom stereocenters. The maximum absolute atomic E-state index is 13.5. The highest BCUT2D eigenvalue weighted by molar-refractivity contribution is 7.22. The lowest BCUT2D eigenvalue weighted by atomic mass is 9.95. The highest BCUT2D eigenvalue weighted by Crippen LogP contribution is 2.46. The van der Waals surface area contributed by atoms with Gasteiger partial charge in [0.15, 0.2) is 16.6 Å². The molecule has 2 N–H and O–H groups in total. The molecule has 1 saturated heterocycles. The number of aliphatic hydroxyl groups is 1. The number of nitrogens with zero attached hydrogens (tertiary/aromatic N) is 2. The number of amides is 1. The first-order chi connectivity index (χ1) is 18.2. The molecular formula is C29H26N2O6S. The Hall–Kier alpha value is -4.37. The number of aromatic hydroxyl groups is 1. The van der Waals surface area contributed by atoms with Gasteiger partial charge in [0.2, 0.25) is 0 Å². The number of anilines is 1. The van der Waals surface area contributed by atoms with Crippen LogP contribution in [0.1, 0.15) is 35.2 Å². The van der Waals surface area contributed by atoms with Gasteiger partial charge in [0.05, 0.1) is 35.5 Å². The molecule has 0 saturated carbocycles. The lowest BCUT2D eigenvalue weighted by Crippen LogP contribution is -2.29. The van der Waals surface area contributed by atoms with Crippen molar-refractivity contribution in [2.75, 3.05) is 18.6 Å². The molecule has 3 aromatic carbocycles. The Kier molecular flexibility index (Phi) is 6.54. The Labute approximate surface area is 223 Å². The molecule has 1 amide bonds. The zero-order valence-electron chi connectivity index (χ0n) is 21.3. The van der Waals surface area contributed by atoms with E-state index in [1.165, 1.54) is 29.4 Å². The van der Waals surface area contributed by atoms with Gasteiger partial charge in [0.25, 0.3) is 5.78 Å². The second-order valence-electron chi connectivity index (χ2n) is 8.98. The van der Waals surface area contributed by atoms with Crippen LogP contribution in [0.25, 0.3) is 16.0 Å². The Morgan fingerprint density at radius 2 is 1.82 bits per heavy atom. The summed E-state index contributed by atoms with van der Waals surface area (Å²) in [6.45, 7) is 6.28. The average Bonchev–Trinajstić information content (AvgIpc) is 3.43. The molecule has 8 nitrogen and oxygen atoms in total. The Balaban J connectivity index is 1.72. The molecule has 5 rings (SSSR count). The van der Waals surface area contributed by atoms with Crippen molar-refractivity contribution in [1.29, 1.82) is 0 Å². The fraction of sp³-hybridized carbons (Fsp3) is 0.207. The smallest absolute Gasteiger partial charge is 0.301 e. The summed E-state index contributed by atoms with van der Waals surface area (Å²) >= 11 is 1.30. The molecule has 9 heteroatoms. The number of ketones is 1. The number of hydrogen-bond acceptors (Lipinski definition) is 8. The number of Topliss-reactive ketones (excluding diaryl/α,β-unsaturated/α-hetero) is 1. The molecular weight excluding hydrogens is 504 g/mol. The molecule has 1 aliphatic rings. The number of carbonyl (C=O) groups is 2. The van der Waals surface area contributed by atoms with Crippen LogP contribution in [0.5, 0.6) is 17.2 Å². The van der Waals surface area contributed by atoms with Gasteiger partial charge in [0.1, 0.15) is 11.5 Å². The number of rotatable bonds is 6. The van der Waals surface area contributed by atoms with Gasteiger partial charge in [-0.1, -0.05) is 23.5 Å². The predicted octanol–water partition coefficient (Wildman–Crippen LogP) is 5.65. The Morgan fingerprint density at radius 3 is 2.50 bits per heavy atom. The molecule has 1 unspecified atom stereocenters. The first-order valence-electron chi connectivity index (χ1n) is 12.0. The van der Waals surface area contributed by atoms with Crippen molar-refractivity contribution in [2.24, 2.45) is 0 Å². The van der Waals surface area contributed by atoms with Gasteiger partial charge in [-0.25, -0.2) is 4.98 Å². The minimum absolute atomic E-state index is 0.0842. The second-order valence-corrected chi connectivity index (χ2v) is 9.99. The summed E-state index contributed by atoms with van der Waals surface area (Å²) in [5.41, 5.74) is 3.50. The lowest BCUT2D eigenvalue weighted by Gasteiger charge is -2.23. The van der Waals surface area contributed by atoms with Crippen LogP contribution in [0, 0.1) is 13.8 Å². The highest BCUT2D eigenvalue weighted by atomic mass is 32.1. The second kappa shape index (κ2) is 9.83. The van der Waals surface area contributed by atoms with Crippen LogP contribution < -0.4 is 14.4 Å². The number of ether oxygens (including phenoxy) is 2. The van der Waals surface area contributed by atoms with Crippen molar-refractivity contribution in [3.8, 4) is 17.2 Å². The van der Waals surface area contributed by atoms with E-state index in [0.717, 1.165) is 21.3 Å². The van der Waals surface area contributed by atoms with E-state index in [4.69, 9.17) is 14.5 Å². The maximum Gasteiger partial charge on any atom is 0.301 e. The number of hydrogen-bond donors (Lipinski definition) is 2. The van der Waals surface area contributed by atoms with Crippen LogP contribution in [-0.2, 0) is 9.59 Å². The zero-order chi connectivity index (χ0) is 27.1. The van der Waals surface area contributed by atoms with Crippen LogP contribution in [-0.4, -0.2) is 40.6 Å². The summed E-state index contributed by atoms with van der Waals surface area (Å²) in [6.07, 6.45) is 0. The molecule has 4 aromatic rings. The van der Waals surface area contributed by atoms with Gasteiger partial charge in [-0.15, -0.1) is 0 Å². The number of aryl methyl sites for hydroxylation is 2. The zero-order valence-corrected chi connectivity index (χ0v) is 22.1. The van der Waals surface area contributed by atoms with E-state index in [-0.39, 0.29) is 22.8 Å². The number of aromatic nitrogens is 1. The van der Waals surface area contributed by atoms with E-state index in [1.807, 2.05) is 32.9 Å². The summed E-state index contributed by atoms with van der Waals surface area (Å²) in [7, 11) is 1.41. The number of phenolic OH excluding ortho intramolecular Hbond substituents is 1. The summed E-state index contributed by atoms with van der Waals surface area (Å²) in [6, 6.07) is 14.2. The molecule has 1 aromatic heterocycles. The average molecular weight is 531 g/mol. The number of phenols is 1.